The average molecular weight is 460 g/mol. The standard InChI is InChI=1S/C19H34BrN5O3/c1-4-6-8-11-23(12-9-7-5-2)14-16(3)21-18(26)10-13-24-15-17(20)19(22-24)25(27)28/h15-16H,4-14H2,1-3H3,(H,21,26). The number of nitrogens with one attached hydrogen (secondary N) is 1. The molecule has 0 aliphatic heterocycles. The predicted molar refractivity (Wildman–Crippen MR) is 114 cm³/mol. The van der Waals surface area contributed by atoms with E-state index in [1.807, 2.05) is 6.92 Å². The zero-order valence-electron chi connectivity index (χ0n) is 17.3. The van der Waals surface area contributed by atoms with Gasteiger partial charge in [0, 0.05) is 19.0 Å². The molecule has 1 amide bonds. The van der Waals surface area contributed by atoms with E-state index in [-0.39, 0.29) is 24.2 Å². The Morgan fingerprint density at radius 2 is 1.89 bits per heavy atom. The number of halogens is 1. The van der Waals surface area contributed by atoms with Crippen LogP contribution in [0, 0.1) is 10.1 Å². The fraction of sp³-hybridized carbons (Fsp3) is 0.789. The Morgan fingerprint density at radius 1 is 1.29 bits per heavy atom. The first-order valence-corrected chi connectivity index (χ1v) is 11.1. The van der Waals surface area contributed by atoms with Crippen LogP contribution in [0.2, 0.25) is 0 Å². The highest BCUT2D eigenvalue weighted by molar-refractivity contribution is 9.10. The van der Waals surface area contributed by atoms with E-state index < -0.39 is 4.92 Å². The van der Waals surface area contributed by atoms with Crippen molar-refractivity contribution in [1.82, 2.24) is 20.0 Å². The molecule has 9 heteroatoms. The number of nitrogens with zero attached hydrogens (tertiary/aromatic N) is 4. The smallest absolute Gasteiger partial charge is 0.358 e. The van der Waals surface area contributed by atoms with Gasteiger partial charge in [-0.25, -0.2) is 0 Å². The van der Waals surface area contributed by atoms with Crippen molar-refractivity contribution in [3.63, 3.8) is 0 Å². The van der Waals surface area contributed by atoms with Gasteiger partial charge in [-0.15, -0.1) is 0 Å². The average Bonchev–Trinajstić information content (AvgIpc) is 3.01. The molecule has 0 fully saturated rings. The third-order valence-electron chi connectivity index (χ3n) is 4.54. The van der Waals surface area contributed by atoms with Crippen molar-refractivity contribution in [2.45, 2.75) is 78.3 Å². The summed E-state index contributed by atoms with van der Waals surface area (Å²) in [6.45, 7) is 9.74. The molecular weight excluding hydrogens is 426 g/mol. The van der Waals surface area contributed by atoms with Gasteiger partial charge in [0.05, 0.1) is 17.8 Å². The summed E-state index contributed by atoms with van der Waals surface area (Å²) in [5.74, 6) is -0.299. The maximum atomic E-state index is 12.2. The van der Waals surface area contributed by atoms with Crippen molar-refractivity contribution in [2.24, 2.45) is 0 Å². The Kier molecular flexibility index (Phi) is 12.0. The summed E-state index contributed by atoms with van der Waals surface area (Å²) < 4.78 is 1.75. The first-order chi connectivity index (χ1) is 13.4. The Morgan fingerprint density at radius 3 is 2.39 bits per heavy atom. The highest BCUT2D eigenvalue weighted by atomic mass is 79.9. The predicted octanol–water partition coefficient (Wildman–Crippen LogP) is 4.13. The molecule has 1 aromatic heterocycles. The fourth-order valence-corrected chi connectivity index (χ4v) is 3.55. The molecule has 0 spiro atoms. The molecule has 1 atom stereocenters. The zero-order chi connectivity index (χ0) is 20.9. The topological polar surface area (TPSA) is 93.3 Å². The lowest BCUT2D eigenvalue weighted by Crippen LogP contribution is -2.42. The van der Waals surface area contributed by atoms with E-state index >= 15 is 0 Å². The van der Waals surface area contributed by atoms with Crippen LogP contribution >= 0.6 is 15.9 Å². The van der Waals surface area contributed by atoms with Gasteiger partial charge < -0.3 is 20.3 Å². The van der Waals surface area contributed by atoms with E-state index in [1.54, 1.807) is 0 Å². The Balaban J connectivity index is 2.42. The molecule has 0 radical (unpaired) electrons. The number of hydrogen-bond donors (Lipinski definition) is 1. The summed E-state index contributed by atoms with van der Waals surface area (Å²) in [5.41, 5.74) is 0. The van der Waals surface area contributed by atoms with Crippen LogP contribution in [0.4, 0.5) is 5.82 Å². The molecule has 0 aromatic carbocycles. The number of carbonyl (C=O) groups is 1. The number of unbranched alkanes of at least 4 members (excludes halogenated alkanes) is 4. The summed E-state index contributed by atoms with van der Waals surface area (Å²) in [4.78, 5) is 25.0. The number of hydrogen-bond acceptors (Lipinski definition) is 5. The molecule has 8 nitrogen and oxygen atoms in total. The van der Waals surface area contributed by atoms with Crippen LogP contribution in [0.15, 0.2) is 10.7 Å². The molecule has 28 heavy (non-hydrogen) atoms. The summed E-state index contributed by atoms with van der Waals surface area (Å²) in [7, 11) is 0. The second kappa shape index (κ2) is 13.7. The minimum atomic E-state index is -0.547. The highest BCUT2D eigenvalue weighted by Gasteiger charge is 2.19. The van der Waals surface area contributed by atoms with Gasteiger partial charge in [-0.05, 0) is 53.7 Å². The Labute approximate surface area is 176 Å². The molecule has 1 heterocycles. The third-order valence-corrected chi connectivity index (χ3v) is 5.09. The number of carbonyl (C=O) groups excluding carboxylic acids is 1. The second-order valence-corrected chi connectivity index (χ2v) is 8.11. The summed E-state index contributed by atoms with van der Waals surface area (Å²) in [6, 6.07) is 0.0643. The van der Waals surface area contributed by atoms with Crippen molar-refractivity contribution >= 4 is 27.7 Å². The molecule has 160 valence electrons. The third kappa shape index (κ3) is 9.64. The van der Waals surface area contributed by atoms with Gasteiger partial charge in [0.1, 0.15) is 4.47 Å². The first-order valence-electron chi connectivity index (χ1n) is 10.3. The molecule has 0 bridgehead atoms. The van der Waals surface area contributed by atoms with Crippen molar-refractivity contribution in [3.05, 3.63) is 20.8 Å². The number of aryl methyl sites for hydroxylation is 1. The van der Waals surface area contributed by atoms with Gasteiger partial charge in [0.25, 0.3) is 0 Å². The van der Waals surface area contributed by atoms with Gasteiger partial charge >= 0.3 is 5.82 Å². The van der Waals surface area contributed by atoms with Gasteiger partial charge in [0.15, 0.2) is 0 Å². The largest absolute Gasteiger partial charge is 0.404 e. The van der Waals surface area contributed by atoms with Gasteiger partial charge in [-0.1, -0.05) is 39.5 Å². The lowest BCUT2D eigenvalue weighted by molar-refractivity contribution is -0.390. The highest BCUT2D eigenvalue weighted by Crippen LogP contribution is 2.22. The number of nitro groups is 1. The molecule has 1 unspecified atom stereocenters. The molecule has 1 aromatic rings. The van der Waals surface area contributed by atoms with Gasteiger partial charge in [-0.3, -0.25) is 4.79 Å². The van der Waals surface area contributed by atoms with E-state index in [0.29, 0.717) is 11.0 Å². The molecule has 0 aliphatic carbocycles. The SMILES string of the molecule is CCCCCN(CCCCC)CC(C)NC(=O)CCn1cc(Br)c([N+](=O)[O-])n1. The number of amides is 1. The van der Waals surface area contributed by atoms with Crippen LogP contribution in [0.5, 0.6) is 0 Å². The summed E-state index contributed by atoms with van der Waals surface area (Å²) >= 11 is 3.11. The first kappa shape index (κ1) is 24.6. The molecule has 0 saturated carbocycles. The van der Waals surface area contributed by atoms with E-state index in [1.165, 1.54) is 49.4 Å². The Bertz CT molecular complexity index is 598. The number of rotatable bonds is 15. The van der Waals surface area contributed by atoms with Crippen LogP contribution in [0.3, 0.4) is 0 Å². The minimum absolute atomic E-state index is 0.0643. The van der Waals surface area contributed by atoms with Crippen molar-refractivity contribution in [3.8, 4) is 0 Å². The van der Waals surface area contributed by atoms with E-state index in [2.05, 4.69) is 45.1 Å². The zero-order valence-corrected chi connectivity index (χ0v) is 18.9. The maximum absolute atomic E-state index is 12.2. The summed E-state index contributed by atoms with van der Waals surface area (Å²) in [6.07, 6.45) is 9.02. The van der Waals surface area contributed by atoms with E-state index in [4.69, 9.17) is 0 Å². The minimum Gasteiger partial charge on any atom is -0.358 e. The van der Waals surface area contributed by atoms with Crippen molar-refractivity contribution in [1.29, 1.82) is 0 Å². The van der Waals surface area contributed by atoms with E-state index in [9.17, 15) is 14.9 Å². The Hall–Kier alpha value is -1.48. The lowest BCUT2D eigenvalue weighted by atomic mass is 10.2. The molecular formula is C19H34BrN5O3. The molecule has 1 rings (SSSR count). The lowest BCUT2D eigenvalue weighted by Gasteiger charge is -2.26. The van der Waals surface area contributed by atoms with Crippen LogP contribution in [-0.4, -0.2) is 51.2 Å². The normalized spacial score (nSPS) is 12.3. The van der Waals surface area contributed by atoms with E-state index in [0.717, 1.165) is 19.6 Å². The van der Waals surface area contributed by atoms with Crippen LogP contribution in [0.25, 0.3) is 0 Å². The van der Waals surface area contributed by atoms with Crippen LogP contribution in [-0.2, 0) is 11.3 Å². The molecule has 0 aliphatic rings. The van der Waals surface area contributed by atoms with Crippen molar-refractivity contribution < 1.29 is 9.72 Å². The second-order valence-electron chi connectivity index (χ2n) is 7.25. The molecule has 0 saturated heterocycles. The van der Waals surface area contributed by atoms with Crippen molar-refractivity contribution in [2.75, 3.05) is 19.6 Å². The van der Waals surface area contributed by atoms with Gasteiger partial charge in [-0.2, -0.15) is 4.68 Å². The molecule has 1 N–H and O–H groups in total. The fourth-order valence-electron chi connectivity index (χ4n) is 3.09. The quantitative estimate of drug-likeness (QED) is 0.241. The van der Waals surface area contributed by atoms with Crippen LogP contribution < -0.4 is 5.32 Å². The monoisotopic (exact) mass is 459 g/mol. The van der Waals surface area contributed by atoms with Gasteiger partial charge in [0.2, 0.25) is 5.91 Å². The summed E-state index contributed by atoms with van der Waals surface area (Å²) in [5, 5.41) is 17.7. The number of aromatic nitrogens is 2. The van der Waals surface area contributed by atoms with Crippen LogP contribution in [0.1, 0.15) is 65.7 Å². The maximum Gasteiger partial charge on any atom is 0.404 e.